The summed E-state index contributed by atoms with van der Waals surface area (Å²) < 4.78 is 18.0. The molecule has 0 saturated heterocycles. The van der Waals surface area contributed by atoms with Crippen LogP contribution in [0, 0.1) is 5.82 Å². The average molecular weight is 289 g/mol. The monoisotopic (exact) mass is 289 g/mol. The third-order valence-corrected chi connectivity index (χ3v) is 2.86. The van der Waals surface area contributed by atoms with Gasteiger partial charge in [-0.25, -0.2) is 4.39 Å². The van der Waals surface area contributed by atoms with Crippen LogP contribution < -0.4 is 10.1 Å². The average Bonchev–Trinajstić information content (AvgIpc) is 2.49. The quantitative estimate of drug-likeness (QED) is 0.857. The van der Waals surface area contributed by atoms with Crippen molar-refractivity contribution in [2.45, 2.75) is 6.42 Å². The lowest BCUT2D eigenvalue weighted by Crippen LogP contribution is -2.30. The first-order valence-corrected chi connectivity index (χ1v) is 6.56. The molecular weight excluding hydrogens is 273 g/mol. The van der Waals surface area contributed by atoms with Gasteiger partial charge in [-0.1, -0.05) is 12.1 Å². The highest BCUT2D eigenvalue weighted by molar-refractivity contribution is 5.77. The topological polar surface area (TPSA) is 58.6 Å². The van der Waals surface area contributed by atoms with Crippen molar-refractivity contribution in [2.24, 2.45) is 0 Å². The van der Waals surface area contributed by atoms with Crippen LogP contribution in [0.15, 0.2) is 48.5 Å². The van der Waals surface area contributed by atoms with Crippen LogP contribution in [0.5, 0.6) is 11.5 Å². The van der Waals surface area contributed by atoms with Gasteiger partial charge < -0.3 is 15.2 Å². The second kappa shape index (κ2) is 7.28. The predicted octanol–water partition coefficient (Wildman–Crippen LogP) is 2.27. The number of hydrogen-bond donors (Lipinski definition) is 2. The number of hydrogen-bond acceptors (Lipinski definition) is 3. The molecule has 0 aliphatic heterocycles. The van der Waals surface area contributed by atoms with Crippen LogP contribution in [-0.4, -0.2) is 24.2 Å². The van der Waals surface area contributed by atoms with Gasteiger partial charge in [-0.3, -0.25) is 4.79 Å². The summed E-state index contributed by atoms with van der Waals surface area (Å²) in [7, 11) is 0. The maximum atomic E-state index is 12.7. The van der Waals surface area contributed by atoms with Gasteiger partial charge in [0.15, 0.2) is 6.61 Å². The summed E-state index contributed by atoms with van der Waals surface area (Å²) in [6, 6.07) is 12.3. The molecule has 0 aliphatic carbocycles. The Morgan fingerprint density at radius 2 is 1.76 bits per heavy atom. The molecule has 2 rings (SSSR count). The molecule has 4 nitrogen and oxygen atoms in total. The Balaban J connectivity index is 1.67. The third kappa shape index (κ3) is 5.14. The number of amides is 1. The number of rotatable bonds is 6. The van der Waals surface area contributed by atoms with Crippen LogP contribution in [0.4, 0.5) is 4.39 Å². The van der Waals surface area contributed by atoms with Gasteiger partial charge in [0.25, 0.3) is 5.91 Å². The summed E-state index contributed by atoms with van der Waals surface area (Å²) >= 11 is 0. The van der Waals surface area contributed by atoms with Gasteiger partial charge in [-0.2, -0.15) is 0 Å². The molecule has 2 N–H and O–H groups in total. The molecule has 0 bridgehead atoms. The standard InChI is InChI=1S/C16H16FNO3/c17-13-3-1-12(2-4-13)9-10-18-16(20)11-21-15-7-5-14(19)6-8-15/h1-8,19H,9-11H2,(H,18,20). The fraction of sp³-hybridized carbons (Fsp3) is 0.188. The molecule has 0 unspecified atom stereocenters. The highest BCUT2D eigenvalue weighted by Crippen LogP contribution is 2.15. The minimum atomic E-state index is -0.273. The van der Waals surface area contributed by atoms with E-state index in [0.29, 0.717) is 18.7 Å². The van der Waals surface area contributed by atoms with Crippen molar-refractivity contribution < 1.29 is 19.0 Å². The zero-order valence-electron chi connectivity index (χ0n) is 11.4. The molecule has 0 aliphatic rings. The van der Waals surface area contributed by atoms with Crippen molar-refractivity contribution in [3.8, 4) is 11.5 Å². The van der Waals surface area contributed by atoms with E-state index in [-0.39, 0.29) is 24.1 Å². The zero-order valence-corrected chi connectivity index (χ0v) is 11.4. The van der Waals surface area contributed by atoms with Gasteiger partial charge >= 0.3 is 0 Å². The number of aromatic hydroxyl groups is 1. The van der Waals surface area contributed by atoms with Crippen molar-refractivity contribution in [1.29, 1.82) is 0 Å². The van der Waals surface area contributed by atoms with Crippen LogP contribution in [0.2, 0.25) is 0 Å². The van der Waals surface area contributed by atoms with E-state index in [9.17, 15) is 9.18 Å². The van der Waals surface area contributed by atoms with Crippen molar-refractivity contribution in [3.63, 3.8) is 0 Å². The highest BCUT2D eigenvalue weighted by Gasteiger charge is 2.03. The van der Waals surface area contributed by atoms with Gasteiger partial charge in [0.05, 0.1) is 0 Å². The lowest BCUT2D eigenvalue weighted by molar-refractivity contribution is -0.123. The van der Waals surface area contributed by atoms with Gasteiger partial charge in [0.2, 0.25) is 0 Å². The van der Waals surface area contributed by atoms with Gasteiger partial charge in [-0.15, -0.1) is 0 Å². The Morgan fingerprint density at radius 1 is 1.10 bits per heavy atom. The number of phenolic OH excluding ortho intramolecular Hbond substituents is 1. The van der Waals surface area contributed by atoms with Crippen molar-refractivity contribution in [1.82, 2.24) is 5.32 Å². The van der Waals surface area contributed by atoms with E-state index in [1.165, 1.54) is 24.3 Å². The minimum absolute atomic E-state index is 0.0891. The van der Waals surface area contributed by atoms with E-state index in [1.54, 1.807) is 24.3 Å². The van der Waals surface area contributed by atoms with Crippen LogP contribution >= 0.6 is 0 Å². The van der Waals surface area contributed by atoms with Crippen molar-refractivity contribution in [3.05, 3.63) is 59.9 Å². The SMILES string of the molecule is O=C(COc1ccc(O)cc1)NCCc1ccc(F)cc1. The van der Waals surface area contributed by atoms with Gasteiger partial charge in [0, 0.05) is 6.54 Å². The molecule has 2 aromatic carbocycles. The maximum Gasteiger partial charge on any atom is 0.257 e. The van der Waals surface area contributed by atoms with Crippen LogP contribution in [0.25, 0.3) is 0 Å². The number of benzene rings is 2. The first-order chi connectivity index (χ1) is 10.1. The molecule has 0 radical (unpaired) electrons. The molecule has 0 heterocycles. The largest absolute Gasteiger partial charge is 0.508 e. The normalized spacial score (nSPS) is 10.1. The van der Waals surface area contributed by atoms with E-state index in [2.05, 4.69) is 5.32 Å². The molecule has 0 atom stereocenters. The Labute approximate surface area is 122 Å². The molecule has 5 heteroatoms. The van der Waals surface area contributed by atoms with Crippen LogP contribution in [0.1, 0.15) is 5.56 Å². The summed E-state index contributed by atoms with van der Waals surface area (Å²) in [5.41, 5.74) is 0.955. The van der Waals surface area contributed by atoms with Crippen LogP contribution in [-0.2, 0) is 11.2 Å². The number of halogens is 1. The number of carbonyl (C=O) groups is 1. The van der Waals surface area contributed by atoms with Crippen molar-refractivity contribution in [2.75, 3.05) is 13.2 Å². The fourth-order valence-corrected chi connectivity index (χ4v) is 1.74. The second-order valence-corrected chi connectivity index (χ2v) is 4.51. The van der Waals surface area contributed by atoms with E-state index in [1.807, 2.05) is 0 Å². The van der Waals surface area contributed by atoms with Crippen molar-refractivity contribution >= 4 is 5.91 Å². The highest BCUT2D eigenvalue weighted by atomic mass is 19.1. The Morgan fingerprint density at radius 3 is 2.43 bits per heavy atom. The van der Waals surface area contributed by atoms with E-state index < -0.39 is 0 Å². The second-order valence-electron chi connectivity index (χ2n) is 4.51. The molecule has 21 heavy (non-hydrogen) atoms. The molecular formula is C16H16FNO3. The summed E-state index contributed by atoms with van der Waals surface area (Å²) in [5.74, 6) is 0.155. The molecule has 2 aromatic rings. The van der Waals surface area contributed by atoms with Gasteiger partial charge in [-0.05, 0) is 48.4 Å². The summed E-state index contributed by atoms with van der Waals surface area (Å²) in [6.07, 6.45) is 0.630. The number of ether oxygens (including phenoxy) is 1. The molecule has 1 amide bonds. The summed E-state index contributed by atoms with van der Waals surface area (Å²) in [6.45, 7) is 0.373. The molecule has 0 fully saturated rings. The molecule has 0 spiro atoms. The zero-order chi connectivity index (χ0) is 15.1. The Hall–Kier alpha value is -2.56. The number of nitrogens with one attached hydrogen (secondary N) is 1. The van der Waals surface area contributed by atoms with Crippen LogP contribution in [0.3, 0.4) is 0 Å². The first-order valence-electron chi connectivity index (χ1n) is 6.56. The lowest BCUT2D eigenvalue weighted by Gasteiger charge is -2.07. The van der Waals surface area contributed by atoms with E-state index in [4.69, 9.17) is 9.84 Å². The maximum absolute atomic E-state index is 12.7. The minimum Gasteiger partial charge on any atom is -0.508 e. The molecule has 0 aromatic heterocycles. The lowest BCUT2D eigenvalue weighted by atomic mass is 10.1. The molecule has 110 valence electrons. The smallest absolute Gasteiger partial charge is 0.257 e. The number of phenols is 1. The van der Waals surface area contributed by atoms with Gasteiger partial charge in [0.1, 0.15) is 17.3 Å². The predicted molar refractivity (Wildman–Crippen MR) is 76.7 cm³/mol. The fourth-order valence-electron chi connectivity index (χ4n) is 1.74. The summed E-state index contributed by atoms with van der Waals surface area (Å²) in [5, 5.41) is 11.8. The summed E-state index contributed by atoms with van der Waals surface area (Å²) in [4.78, 5) is 11.6. The Bertz CT molecular complexity index is 581. The van der Waals surface area contributed by atoms with E-state index >= 15 is 0 Å². The third-order valence-electron chi connectivity index (χ3n) is 2.86. The van der Waals surface area contributed by atoms with E-state index in [0.717, 1.165) is 5.56 Å². The number of carbonyl (C=O) groups excluding carboxylic acids is 1. The Kier molecular flexibility index (Phi) is 5.15. The first kappa shape index (κ1) is 14.8. The molecule has 0 saturated carbocycles.